The summed E-state index contributed by atoms with van der Waals surface area (Å²) in [6.45, 7) is 0.310. The van der Waals surface area contributed by atoms with E-state index in [1.54, 1.807) is 11.3 Å². The molecule has 2 aliphatic rings. The van der Waals surface area contributed by atoms with Gasteiger partial charge in [0.15, 0.2) is 12.3 Å². The summed E-state index contributed by atoms with van der Waals surface area (Å²) in [5, 5.41) is 5.17. The van der Waals surface area contributed by atoms with Gasteiger partial charge in [0, 0.05) is 10.9 Å². The molecule has 0 amide bonds. The van der Waals surface area contributed by atoms with E-state index in [1.807, 2.05) is 34.5 Å². The van der Waals surface area contributed by atoms with Crippen LogP contribution in [0.5, 0.6) is 0 Å². The molecule has 0 unspecified atom stereocenters. The van der Waals surface area contributed by atoms with Gasteiger partial charge in [0.1, 0.15) is 0 Å². The second-order valence-corrected chi connectivity index (χ2v) is 7.12. The zero-order valence-corrected chi connectivity index (χ0v) is 14.9. The number of fused-ring (bicyclic) bond motifs is 4. The van der Waals surface area contributed by atoms with Crippen molar-refractivity contribution in [2.45, 2.75) is 12.3 Å². The lowest BCUT2D eigenvalue weighted by Gasteiger charge is -2.23. The summed E-state index contributed by atoms with van der Waals surface area (Å²) in [7, 11) is 1.41. The molecule has 0 radical (unpaired) electrons. The molecule has 5 rings (SSSR count). The third-order valence-corrected chi connectivity index (χ3v) is 5.56. The number of pyridine rings is 1. The number of esters is 1. The Hall–Kier alpha value is -2.70. The van der Waals surface area contributed by atoms with Gasteiger partial charge in [-0.2, -0.15) is 11.3 Å². The lowest BCUT2D eigenvalue weighted by Crippen LogP contribution is -2.36. The van der Waals surface area contributed by atoms with Gasteiger partial charge in [-0.25, -0.2) is 9.78 Å². The van der Waals surface area contributed by atoms with Crippen LogP contribution in [0.15, 0.2) is 47.2 Å². The lowest BCUT2D eigenvalue weighted by atomic mass is 10.1. The highest BCUT2D eigenvalue weighted by atomic mass is 32.1. The zero-order valence-electron chi connectivity index (χ0n) is 14.1. The molecule has 26 heavy (non-hydrogen) atoms. The van der Waals surface area contributed by atoms with Gasteiger partial charge in [-0.3, -0.25) is 0 Å². The second kappa shape index (κ2) is 5.93. The van der Waals surface area contributed by atoms with Crippen molar-refractivity contribution in [1.29, 1.82) is 0 Å². The van der Waals surface area contributed by atoms with Gasteiger partial charge in [-0.1, -0.05) is 18.2 Å². The van der Waals surface area contributed by atoms with Gasteiger partial charge in [-0.05, 0) is 40.6 Å². The molecule has 5 nitrogen and oxygen atoms in total. The Morgan fingerprint density at radius 1 is 1.38 bits per heavy atom. The Morgan fingerprint density at radius 2 is 2.27 bits per heavy atom. The monoisotopic (exact) mass is 364 g/mol. The minimum absolute atomic E-state index is 0.291. The van der Waals surface area contributed by atoms with Crippen LogP contribution in [0.4, 0.5) is 0 Å². The summed E-state index contributed by atoms with van der Waals surface area (Å²) in [5.41, 5.74) is 4.78. The van der Waals surface area contributed by atoms with Crippen molar-refractivity contribution < 1.29 is 14.3 Å². The molecule has 0 aliphatic carbocycles. The van der Waals surface area contributed by atoms with Crippen LogP contribution in [0, 0.1) is 0 Å². The predicted molar refractivity (Wildman–Crippen MR) is 100 cm³/mol. The topological polar surface area (TPSA) is 51.7 Å². The van der Waals surface area contributed by atoms with Crippen LogP contribution in [0.3, 0.4) is 0 Å². The first-order valence-corrected chi connectivity index (χ1v) is 9.32. The molecular weight excluding hydrogens is 348 g/mol. The number of thiophene rings is 1. The first-order chi connectivity index (χ1) is 12.8. The fourth-order valence-electron chi connectivity index (χ4n) is 3.66. The van der Waals surface area contributed by atoms with Gasteiger partial charge < -0.3 is 14.4 Å². The number of benzene rings is 1. The molecule has 0 saturated carbocycles. The van der Waals surface area contributed by atoms with E-state index >= 15 is 0 Å². The molecular formula is C20H16N2O3S. The van der Waals surface area contributed by atoms with Crippen molar-refractivity contribution in [2.75, 3.05) is 13.7 Å². The average Bonchev–Trinajstić information content (AvgIpc) is 3.38. The standard InChI is InChI=1S/C20H16N2O3S/c1-24-20(23)17-10-25-19-14-9-13-4-2-3-5-15(13)21-18(14)16(22(17)19)8-12-6-7-26-11-12/h2-9,11,17,19H,10H2,1H3/b16-8-/t17-,19-/m0/s1. The van der Waals surface area contributed by atoms with Crippen LogP contribution in [-0.4, -0.2) is 35.6 Å². The maximum Gasteiger partial charge on any atom is 0.331 e. The number of aromatic nitrogens is 1. The highest BCUT2D eigenvalue weighted by Crippen LogP contribution is 2.47. The lowest BCUT2D eigenvalue weighted by molar-refractivity contribution is -0.144. The zero-order chi connectivity index (χ0) is 17.7. The van der Waals surface area contributed by atoms with E-state index in [-0.39, 0.29) is 12.2 Å². The maximum absolute atomic E-state index is 12.3. The van der Waals surface area contributed by atoms with E-state index in [1.165, 1.54) is 7.11 Å². The molecule has 4 heterocycles. The molecule has 2 aliphatic heterocycles. The highest BCUT2D eigenvalue weighted by Gasteiger charge is 2.48. The maximum atomic E-state index is 12.3. The highest BCUT2D eigenvalue weighted by molar-refractivity contribution is 7.08. The van der Waals surface area contributed by atoms with Crippen molar-refractivity contribution in [3.05, 3.63) is 64.0 Å². The number of nitrogens with zero attached hydrogens (tertiary/aromatic N) is 2. The van der Waals surface area contributed by atoms with Crippen LogP contribution >= 0.6 is 11.3 Å². The number of para-hydroxylation sites is 1. The van der Waals surface area contributed by atoms with Gasteiger partial charge in [0.2, 0.25) is 0 Å². The van der Waals surface area contributed by atoms with Crippen molar-refractivity contribution in [3.63, 3.8) is 0 Å². The Bertz CT molecular complexity index is 1030. The fourth-order valence-corrected chi connectivity index (χ4v) is 4.28. The van der Waals surface area contributed by atoms with Gasteiger partial charge >= 0.3 is 5.97 Å². The Morgan fingerprint density at radius 3 is 3.08 bits per heavy atom. The van der Waals surface area contributed by atoms with Crippen LogP contribution in [0.2, 0.25) is 0 Å². The molecule has 0 spiro atoms. The quantitative estimate of drug-likeness (QED) is 0.649. The van der Waals surface area contributed by atoms with Crippen molar-refractivity contribution >= 4 is 40.0 Å². The Kier molecular flexibility index (Phi) is 3.55. The second-order valence-electron chi connectivity index (χ2n) is 6.34. The Labute approximate surface area is 154 Å². The number of carbonyl (C=O) groups excluding carboxylic acids is 1. The minimum atomic E-state index is -0.466. The van der Waals surface area contributed by atoms with E-state index < -0.39 is 6.04 Å². The number of methoxy groups -OCH3 is 1. The third kappa shape index (κ3) is 2.26. The molecule has 6 heteroatoms. The number of hydrogen-bond donors (Lipinski definition) is 0. The minimum Gasteiger partial charge on any atom is -0.467 e. The van der Waals surface area contributed by atoms with Crippen LogP contribution in [0.25, 0.3) is 22.7 Å². The number of carbonyl (C=O) groups is 1. The first kappa shape index (κ1) is 15.5. The van der Waals surface area contributed by atoms with Crippen LogP contribution in [-0.2, 0) is 14.3 Å². The van der Waals surface area contributed by atoms with Crippen LogP contribution < -0.4 is 0 Å². The van der Waals surface area contributed by atoms with Crippen molar-refractivity contribution in [3.8, 4) is 0 Å². The molecule has 3 aromatic rings. The van der Waals surface area contributed by atoms with Crippen molar-refractivity contribution in [2.24, 2.45) is 0 Å². The summed E-state index contributed by atoms with van der Waals surface area (Å²) in [4.78, 5) is 19.2. The fraction of sp³-hybridized carbons (Fsp3) is 0.200. The summed E-state index contributed by atoms with van der Waals surface area (Å²) < 4.78 is 11.0. The van der Waals surface area contributed by atoms with Gasteiger partial charge in [0.25, 0.3) is 0 Å². The smallest absolute Gasteiger partial charge is 0.331 e. The van der Waals surface area contributed by atoms with Gasteiger partial charge in [-0.15, -0.1) is 0 Å². The normalized spacial score (nSPS) is 22.7. The van der Waals surface area contributed by atoms with E-state index in [4.69, 9.17) is 14.5 Å². The van der Waals surface area contributed by atoms with E-state index in [0.717, 1.165) is 33.4 Å². The van der Waals surface area contributed by atoms with E-state index in [9.17, 15) is 4.79 Å². The third-order valence-electron chi connectivity index (χ3n) is 4.86. The molecule has 0 bridgehead atoms. The summed E-state index contributed by atoms with van der Waals surface area (Å²) in [5.74, 6) is -0.291. The largest absolute Gasteiger partial charge is 0.467 e. The van der Waals surface area contributed by atoms with Crippen molar-refractivity contribution in [1.82, 2.24) is 9.88 Å². The molecule has 1 fully saturated rings. The number of rotatable bonds is 2. The Balaban J connectivity index is 1.72. The SMILES string of the molecule is COC(=O)[C@@H]1CO[C@H]2c3cc4ccccc4nc3/C(=C/c3ccsc3)N12. The summed E-state index contributed by atoms with van der Waals surface area (Å²) in [6.07, 6.45) is 1.76. The first-order valence-electron chi connectivity index (χ1n) is 8.38. The molecule has 1 aromatic carbocycles. The van der Waals surface area contributed by atoms with E-state index in [0.29, 0.717) is 6.61 Å². The molecule has 0 N–H and O–H groups in total. The molecule has 2 atom stereocenters. The predicted octanol–water partition coefficient (Wildman–Crippen LogP) is 3.68. The molecule has 130 valence electrons. The number of ether oxygens (including phenoxy) is 2. The number of hydrogen-bond acceptors (Lipinski definition) is 6. The van der Waals surface area contributed by atoms with E-state index in [2.05, 4.69) is 23.6 Å². The average molecular weight is 364 g/mol. The molecule has 2 aromatic heterocycles. The summed E-state index contributed by atoms with van der Waals surface area (Å²) >= 11 is 1.64. The molecule has 1 saturated heterocycles. The van der Waals surface area contributed by atoms with Gasteiger partial charge in [0.05, 0.1) is 30.6 Å². The summed E-state index contributed by atoms with van der Waals surface area (Å²) in [6, 6.07) is 11.7. The van der Waals surface area contributed by atoms with Crippen LogP contribution in [0.1, 0.15) is 23.0 Å².